The number of phosphoric acid groups is 1. The summed E-state index contributed by atoms with van der Waals surface area (Å²) < 4.78 is 64.6. The van der Waals surface area contributed by atoms with Gasteiger partial charge in [-0.3, -0.25) is 18.6 Å². The Morgan fingerprint density at radius 3 is 1.28 bits per heavy atom. The summed E-state index contributed by atoms with van der Waals surface area (Å²) in [5.41, 5.74) is 0. The van der Waals surface area contributed by atoms with Crippen LogP contribution in [0.15, 0.2) is 24.3 Å². The van der Waals surface area contributed by atoms with Crippen LogP contribution in [0.3, 0.4) is 0 Å². The van der Waals surface area contributed by atoms with Crippen LogP contribution in [0.2, 0.25) is 0 Å². The maximum Gasteiger partial charge on any atom is 0.472 e. The zero-order valence-electron chi connectivity index (χ0n) is 55.6. The summed E-state index contributed by atoms with van der Waals surface area (Å²) in [6.07, 6.45) is 7.81. The Balaban J connectivity index is 1.77. The van der Waals surface area contributed by atoms with Crippen molar-refractivity contribution in [1.82, 2.24) is 0 Å². The molecule has 2 heterocycles. The summed E-state index contributed by atoms with van der Waals surface area (Å²) in [7, 11) is -5.69. The van der Waals surface area contributed by atoms with E-state index in [4.69, 9.17) is 42.2 Å². The Bertz CT molecular complexity index is 2020. The molecule has 0 amide bonds. The second kappa shape index (κ2) is 49.9. The van der Waals surface area contributed by atoms with Crippen LogP contribution in [0.4, 0.5) is 0 Å². The summed E-state index contributed by atoms with van der Waals surface area (Å²) >= 11 is 0. The van der Waals surface area contributed by atoms with E-state index in [1.165, 1.54) is 122 Å². The first-order valence-corrected chi connectivity index (χ1v) is 36.7. The molecule has 92 heavy (non-hydrogen) atoms. The van der Waals surface area contributed by atoms with E-state index in [0.29, 0.717) is 12.8 Å². The third-order valence-corrected chi connectivity index (χ3v) is 18.3. The average Bonchev–Trinajstić information content (AvgIpc) is 0.774. The van der Waals surface area contributed by atoms with E-state index >= 15 is 0 Å². The Morgan fingerprint density at radius 1 is 0.446 bits per heavy atom. The number of esters is 3. The number of ether oxygens (including phenoxy) is 7. The van der Waals surface area contributed by atoms with Gasteiger partial charge in [0.25, 0.3) is 0 Å². The van der Waals surface area contributed by atoms with Crippen molar-refractivity contribution in [2.24, 2.45) is 0 Å². The highest BCUT2D eigenvalue weighted by Gasteiger charge is 2.58. The molecule has 11 N–H and O–H groups in total. The van der Waals surface area contributed by atoms with Gasteiger partial charge in [-0.25, -0.2) is 9.36 Å². The highest BCUT2D eigenvalue weighted by molar-refractivity contribution is 7.47. The Kier molecular flexibility index (Phi) is 45.4. The van der Waals surface area contributed by atoms with Gasteiger partial charge in [0, 0.05) is 18.9 Å². The fraction of sp³-hybridized carbons (Fsp3) is 0.896. The third kappa shape index (κ3) is 33.6. The molecular formula is C67H121O24P. The SMILES string of the molecule is CCCCCCCCCCCCC/C=C/C=C/C(=O)OCC1OC(OC2C(O)C(O)C(O)C(OC3OC(CO)C(O)C(O)C3O)C2OP(=O)(O)OCC(COC(=O)CCCCCCCCCCCCC)OC(=O)CCCCCCCCCCCCC)C(O)C(O)C1O. The predicted octanol–water partition coefficient (Wildman–Crippen LogP) is 8.18. The second-order valence-corrected chi connectivity index (χ2v) is 26.7. The van der Waals surface area contributed by atoms with Gasteiger partial charge in [0.15, 0.2) is 18.7 Å². The number of hydrogen-bond acceptors (Lipinski definition) is 23. The van der Waals surface area contributed by atoms with Crippen molar-refractivity contribution in [3.8, 4) is 0 Å². The standard InChI is InChI=1S/C67H121O24P/c1-4-7-10-13-16-19-22-23-24-25-28-30-33-36-39-42-52(70)84-47-50-55(73)57(75)62(80)67(88-50)90-64-60(78)58(76)59(77)63(89-66-61(79)56(74)54(72)49(44-68)87-66)65(64)91-92(81,82)85-46-48(86-53(71)43-40-37-34-31-27-21-18-15-12-9-6-3)45-83-51(69)41-38-35-32-29-26-20-17-14-11-8-5-2/h33,36,39,42,48-50,54-68,72-80H,4-32,34-35,37-38,40-41,43-47H2,1-3H3,(H,81,82)/b36-33+,42-39+. The molecule has 2 aliphatic heterocycles. The zero-order valence-corrected chi connectivity index (χ0v) is 56.5. The molecule has 18 atom stereocenters. The van der Waals surface area contributed by atoms with Gasteiger partial charge in [-0.2, -0.15) is 0 Å². The van der Waals surface area contributed by atoms with E-state index in [1.54, 1.807) is 6.08 Å². The first kappa shape index (κ1) is 83.7. The second-order valence-electron chi connectivity index (χ2n) is 25.3. The minimum absolute atomic E-state index is 0.0397. The van der Waals surface area contributed by atoms with E-state index in [0.717, 1.165) is 96.0 Å². The van der Waals surface area contributed by atoms with E-state index in [1.807, 2.05) is 6.08 Å². The van der Waals surface area contributed by atoms with E-state index < -0.39 is 156 Å². The van der Waals surface area contributed by atoms with Gasteiger partial charge in [0.2, 0.25) is 0 Å². The van der Waals surface area contributed by atoms with Gasteiger partial charge >= 0.3 is 25.7 Å². The molecule has 3 fully saturated rings. The number of allylic oxidation sites excluding steroid dienone is 3. The summed E-state index contributed by atoms with van der Waals surface area (Å²) in [4.78, 5) is 50.6. The van der Waals surface area contributed by atoms with Gasteiger partial charge in [0.05, 0.1) is 13.2 Å². The summed E-state index contributed by atoms with van der Waals surface area (Å²) in [6, 6.07) is 0. The van der Waals surface area contributed by atoms with Crippen molar-refractivity contribution >= 4 is 25.7 Å². The maximum absolute atomic E-state index is 14.3. The number of carbonyl (C=O) groups is 3. The molecule has 2 saturated heterocycles. The summed E-state index contributed by atoms with van der Waals surface area (Å²) in [5, 5.41) is 110. The molecule has 1 aliphatic carbocycles. The van der Waals surface area contributed by atoms with Crippen LogP contribution in [0, 0.1) is 0 Å². The quantitative estimate of drug-likeness (QED) is 0.00682. The first-order valence-electron chi connectivity index (χ1n) is 35.2. The monoisotopic (exact) mass is 1340 g/mol. The molecule has 24 nitrogen and oxygen atoms in total. The van der Waals surface area contributed by atoms with Crippen LogP contribution in [0.5, 0.6) is 0 Å². The number of aliphatic hydroxyl groups is 10. The lowest BCUT2D eigenvalue weighted by Gasteiger charge is -2.49. The van der Waals surface area contributed by atoms with Gasteiger partial charge in [-0.15, -0.1) is 0 Å². The smallest absolute Gasteiger partial charge is 0.462 e. The lowest BCUT2D eigenvalue weighted by Crippen LogP contribution is -2.69. The minimum Gasteiger partial charge on any atom is -0.462 e. The molecular weight excluding hydrogens is 1220 g/mol. The molecule has 538 valence electrons. The highest BCUT2D eigenvalue weighted by atomic mass is 31.2. The van der Waals surface area contributed by atoms with Crippen LogP contribution < -0.4 is 0 Å². The van der Waals surface area contributed by atoms with Crippen molar-refractivity contribution < 1.29 is 117 Å². The topological polar surface area (TPSA) is 374 Å². The Labute approximate surface area is 547 Å². The first-order chi connectivity index (χ1) is 44.3. The molecule has 1 saturated carbocycles. The Morgan fingerprint density at radius 2 is 0.837 bits per heavy atom. The van der Waals surface area contributed by atoms with Crippen LogP contribution in [-0.4, -0.2) is 204 Å². The van der Waals surface area contributed by atoms with E-state index in [2.05, 4.69) is 20.8 Å². The summed E-state index contributed by atoms with van der Waals surface area (Å²) in [6.45, 7) is 3.31. The molecule has 3 aliphatic rings. The number of carbonyl (C=O) groups excluding carboxylic acids is 3. The number of hydrogen-bond donors (Lipinski definition) is 11. The molecule has 0 aromatic carbocycles. The molecule has 0 aromatic rings. The minimum atomic E-state index is -5.69. The normalized spacial score (nSPS) is 28.8. The summed E-state index contributed by atoms with van der Waals surface area (Å²) in [5.74, 6) is -2.22. The van der Waals surface area contributed by atoms with Gasteiger partial charge < -0.3 is 89.1 Å². The number of rotatable bonds is 53. The van der Waals surface area contributed by atoms with Gasteiger partial charge in [-0.05, 0) is 25.7 Å². The van der Waals surface area contributed by atoms with Gasteiger partial charge in [-0.1, -0.05) is 232 Å². The fourth-order valence-corrected chi connectivity index (χ4v) is 12.5. The van der Waals surface area contributed by atoms with Crippen molar-refractivity contribution in [1.29, 1.82) is 0 Å². The van der Waals surface area contributed by atoms with E-state index in [-0.39, 0.29) is 12.8 Å². The molecule has 18 unspecified atom stereocenters. The van der Waals surface area contributed by atoms with Crippen molar-refractivity contribution in [3.05, 3.63) is 24.3 Å². The van der Waals surface area contributed by atoms with Crippen LogP contribution in [0.25, 0.3) is 0 Å². The average molecular weight is 1340 g/mol. The van der Waals surface area contributed by atoms with Crippen molar-refractivity contribution in [2.45, 2.75) is 356 Å². The molecule has 0 aromatic heterocycles. The van der Waals surface area contributed by atoms with Gasteiger partial charge in [0.1, 0.15) is 98.7 Å². The zero-order chi connectivity index (χ0) is 67.5. The molecule has 3 rings (SSSR count). The van der Waals surface area contributed by atoms with Crippen molar-refractivity contribution in [3.63, 3.8) is 0 Å². The van der Waals surface area contributed by atoms with Crippen LogP contribution >= 0.6 is 7.82 Å². The molecule has 0 spiro atoms. The largest absolute Gasteiger partial charge is 0.472 e. The predicted molar refractivity (Wildman–Crippen MR) is 342 cm³/mol. The fourth-order valence-electron chi connectivity index (χ4n) is 11.6. The third-order valence-electron chi connectivity index (χ3n) is 17.3. The maximum atomic E-state index is 14.3. The lowest BCUT2D eigenvalue weighted by atomic mass is 9.84. The lowest BCUT2D eigenvalue weighted by molar-refractivity contribution is -0.360. The highest BCUT2D eigenvalue weighted by Crippen LogP contribution is 2.49. The van der Waals surface area contributed by atoms with Crippen LogP contribution in [-0.2, 0) is 61.2 Å². The Hall–Kier alpha value is -2.56. The number of phosphoric ester groups is 1. The van der Waals surface area contributed by atoms with Crippen molar-refractivity contribution in [2.75, 3.05) is 26.4 Å². The molecule has 0 radical (unpaired) electrons. The van der Waals surface area contributed by atoms with Crippen LogP contribution in [0.1, 0.15) is 252 Å². The van der Waals surface area contributed by atoms with E-state index in [9.17, 15) is 74.9 Å². The molecule has 25 heteroatoms. The number of unbranched alkanes of at least 4 members (excludes halogenated alkanes) is 31. The number of aliphatic hydroxyl groups excluding tert-OH is 10. The molecule has 0 bridgehead atoms.